The summed E-state index contributed by atoms with van der Waals surface area (Å²) in [5.41, 5.74) is 2.60. The molecule has 2 aromatic heterocycles. The fraction of sp³-hybridized carbons (Fsp3) is 0.214. The van der Waals surface area contributed by atoms with Gasteiger partial charge in [0.05, 0.1) is 0 Å². The summed E-state index contributed by atoms with van der Waals surface area (Å²) in [6, 6.07) is 8.44. The number of aromatic amines is 1. The van der Waals surface area contributed by atoms with E-state index in [1.807, 2.05) is 13.2 Å². The third-order valence-corrected chi connectivity index (χ3v) is 4.16. The number of aromatic nitrogens is 2. The monoisotopic (exact) mass is 257 g/mol. The maximum absolute atomic E-state index is 4.30. The molecule has 3 rings (SSSR count). The summed E-state index contributed by atoms with van der Waals surface area (Å²) in [4.78, 5) is 8.94. The van der Waals surface area contributed by atoms with Crippen LogP contribution in [0.15, 0.2) is 36.7 Å². The minimum absolute atomic E-state index is 0.990. The SMILES string of the molecule is CNc1ncc(CCc2c[nH]c3ccccc23)s1. The molecule has 0 amide bonds. The number of hydrogen-bond donors (Lipinski definition) is 2. The Morgan fingerprint density at radius 3 is 3.00 bits per heavy atom. The number of rotatable bonds is 4. The van der Waals surface area contributed by atoms with Crippen LogP contribution in [0.5, 0.6) is 0 Å². The van der Waals surface area contributed by atoms with Gasteiger partial charge in [0.25, 0.3) is 0 Å². The van der Waals surface area contributed by atoms with Gasteiger partial charge in [-0.15, -0.1) is 11.3 Å². The first-order valence-electron chi connectivity index (χ1n) is 6.04. The van der Waals surface area contributed by atoms with Crippen LogP contribution in [0.25, 0.3) is 10.9 Å². The van der Waals surface area contributed by atoms with Gasteiger partial charge in [-0.3, -0.25) is 0 Å². The van der Waals surface area contributed by atoms with E-state index in [4.69, 9.17) is 0 Å². The maximum Gasteiger partial charge on any atom is 0.182 e. The first-order chi connectivity index (χ1) is 8.86. The predicted molar refractivity (Wildman–Crippen MR) is 77.4 cm³/mol. The average Bonchev–Trinajstić information content (AvgIpc) is 3.03. The van der Waals surface area contributed by atoms with E-state index in [-0.39, 0.29) is 0 Å². The molecule has 18 heavy (non-hydrogen) atoms. The molecule has 3 nitrogen and oxygen atoms in total. The molecule has 0 atom stereocenters. The average molecular weight is 257 g/mol. The van der Waals surface area contributed by atoms with Gasteiger partial charge in [-0.1, -0.05) is 18.2 Å². The second-order valence-electron chi connectivity index (χ2n) is 4.24. The summed E-state index contributed by atoms with van der Waals surface area (Å²) >= 11 is 1.73. The molecule has 0 saturated heterocycles. The number of H-pyrrole nitrogens is 1. The van der Waals surface area contributed by atoms with Crippen LogP contribution < -0.4 is 5.32 Å². The van der Waals surface area contributed by atoms with Crippen LogP contribution in [0, 0.1) is 0 Å². The summed E-state index contributed by atoms with van der Waals surface area (Å²) < 4.78 is 0. The van der Waals surface area contributed by atoms with Crippen molar-refractivity contribution >= 4 is 27.4 Å². The van der Waals surface area contributed by atoms with Crippen molar-refractivity contribution in [1.29, 1.82) is 0 Å². The third kappa shape index (κ3) is 2.11. The van der Waals surface area contributed by atoms with Gasteiger partial charge >= 0.3 is 0 Å². The van der Waals surface area contributed by atoms with Gasteiger partial charge in [0.1, 0.15) is 0 Å². The van der Waals surface area contributed by atoms with Gasteiger partial charge in [-0.05, 0) is 24.5 Å². The van der Waals surface area contributed by atoms with Crippen LogP contribution in [0.2, 0.25) is 0 Å². The molecule has 0 bridgehead atoms. The minimum Gasteiger partial charge on any atom is -0.365 e. The second kappa shape index (κ2) is 4.82. The molecule has 0 radical (unpaired) electrons. The van der Waals surface area contributed by atoms with E-state index in [1.165, 1.54) is 21.3 Å². The zero-order valence-corrected chi connectivity index (χ0v) is 11.1. The molecular formula is C14H15N3S. The molecule has 4 heteroatoms. The minimum atomic E-state index is 0.990. The smallest absolute Gasteiger partial charge is 0.182 e. The number of nitrogens with zero attached hydrogens (tertiary/aromatic N) is 1. The van der Waals surface area contributed by atoms with E-state index in [0.717, 1.165) is 18.0 Å². The van der Waals surface area contributed by atoms with Crippen molar-refractivity contribution in [3.63, 3.8) is 0 Å². The molecule has 2 N–H and O–H groups in total. The van der Waals surface area contributed by atoms with Crippen molar-refractivity contribution in [2.75, 3.05) is 12.4 Å². The summed E-state index contributed by atoms with van der Waals surface area (Å²) in [5.74, 6) is 0. The molecule has 3 aromatic rings. The zero-order chi connectivity index (χ0) is 12.4. The van der Waals surface area contributed by atoms with E-state index in [9.17, 15) is 0 Å². The Morgan fingerprint density at radius 1 is 1.28 bits per heavy atom. The Hall–Kier alpha value is -1.81. The van der Waals surface area contributed by atoms with E-state index in [2.05, 4.69) is 45.7 Å². The van der Waals surface area contributed by atoms with Crippen molar-refractivity contribution in [1.82, 2.24) is 9.97 Å². The number of hydrogen-bond acceptors (Lipinski definition) is 3. The van der Waals surface area contributed by atoms with Crippen molar-refractivity contribution in [2.24, 2.45) is 0 Å². The van der Waals surface area contributed by atoms with Gasteiger partial charge < -0.3 is 10.3 Å². The van der Waals surface area contributed by atoms with Crippen molar-refractivity contribution in [3.8, 4) is 0 Å². The Morgan fingerprint density at radius 2 is 2.17 bits per heavy atom. The molecule has 92 valence electrons. The largest absolute Gasteiger partial charge is 0.365 e. The van der Waals surface area contributed by atoms with E-state index >= 15 is 0 Å². The molecule has 1 aromatic carbocycles. The van der Waals surface area contributed by atoms with Crippen LogP contribution >= 0.6 is 11.3 Å². The van der Waals surface area contributed by atoms with Gasteiger partial charge in [-0.25, -0.2) is 4.98 Å². The highest BCUT2D eigenvalue weighted by Gasteiger charge is 2.05. The van der Waals surface area contributed by atoms with Gasteiger partial charge in [0.2, 0.25) is 0 Å². The number of para-hydroxylation sites is 1. The lowest BCUT2D eigenvalue weighted by Crippen LogP contribution is -1.87. The highest BCUT2D eigenvalue weighted by Crippen LogP contribution is 2.22. The number of fused-ring (bicyclic) bond motifs is 1. The molecule has 0 saturated carbocycles. The third-order valence-electron chi connectivity index (χ3n) is 3.08. The van der Waals surface area contributed by atoms with Gasteiger partial charge in [0.15, 0.2) is 5.13 Å². The Bertz CT molecular complexity index is 654. The first-order valence-corrected chi connectivity index (χ1v) is 6.86. The Labute approximate surface area is 110 Å². The van der Waals surface area contributed by atoms with Crippen LogP contribution in [-0.2, 0) is 12.8 Å². The topological polar surface area (TPSA) is 40.7 Å². The summed E-state index contributed by atoms with van der Waals surface area (Å²) in [6.07, 6.45) is 6.17. The van der Waals surface area contributed by atoms with Gasteiger partial charge in [-0.2, -0.15) is 0 Å². The highest BCUT2D eigenvalue weighted by atomic mass is 32.1. The van der Waals surface area contributed by atoms with Crippen molar-refractivity contribution < 1.29 is 0 Å². The van der Waals surface area contributed by atoms with Crippen LogP contribution in [0.1, 0.15) is 10.4 Å². The van der Waals surface area contributed by atoms with E-state index in [1.54, 1.807) is 11.3 Å². The number of benzene rings is 1. The van der Waals surface area contributed by atoms with E-state index in [0.29, 0.717) is 0 Å². The fourth-order valence-electron chi connectivity index (χ4n) is 2.13. The lowest BCUT2D eigenvalue weighted by Gasteiger charge is -1.97. The number of nitrogens with one attached hydrogen (secondary N) is 2. The van der Waals surface area contributed by atoms with Crippen molar-refractivity contribution in [3.05, 3.63) is 47.1 Å². The lowest BCUT2D eigenvalue weighted by atomic mass is 10.1. The molecule has 2 heterocycles. The maximum atomic E-state index is 4.30. The predicted octanol–water partition coefficient (Wildman–Crippen LogP) is 3.45. The van der Waals surface area contributed by atoms with Crippen LogP contribution in [0.4, 0.5) is 5.13 Å². The van der Waals surface area contributed by atoms with Crippen LogP contribution in [-0.4, -0.2) is 17.0 Å². The summed E-state index contributed by atoms with van der Waals surface area (Å²) in [5, 5.41) is 5.39. The molecule has 0 unspecified atom stereocenters. The molecule has 0 aliphatic carbocycles. The molecule has 0 fully saturated rings. The lowest BCUT2D eigenvalue weighted by molar-refractivity contribution is 0.985. The van der Waals surface area contributed by atoms with E-state index < -0.39 is 0 Å². The van der Waals surface area contributed by atoms with Crippen molar-refractivity contribution in [2.45, 2.75) is 12.8 Å². The number of thiazole rings is 1. The summed E-state index contributed by atoms with van der Waals surface area (Å²) in [6.45, 7) is 0. The molecule has 0 aliphatic rings. The molecular weight excluding hydrogens is 242 g/mol. The Balaban J connectivity index is 1.76. The normalized spacial score (nSPS) is 10.9. The number of aryl methyl sites for hydroxylation is 2. The fourth-order valence-corrected chi connectivity index (χ4v) is 2.90. The molecule has 0 spiro atoms. The standard InChI is InChI=1S/C14H15N3S/c1-15-14-17-9-11(18-14)7-6-10-8-16-13-5-3-2-4-12(10)13/h2-5,8-9,16H,6-7H2,1H3,(H,15,17). The van der Waals surface area contributed by atoms with Gasteiger partial charge in [0, 0.05) is 35.2 Å². The molecule has 0 aliphatic heterocycles. The zero-order valence-electron chi connectivity index (χ0n) is 10.2. The second-order valence-corrected chi connectivity index (χ2v) is 5.36. The number of anilines is 1. The van der Waals surface area contributed by atoms with Crippen LogP contribution in [0.3, 0.4) is 0 Å². The first kappa shape index (κ1) is 11.3. The highest BCUT2D eigenvalue weighted by molar-refractivity contribution is 7.15. The summed E-state index contributed by atoms with van der Waals surface area (Å²) in [7, 11) is 1.91. The Kier molecular flexibility index (Phi) is 3.02. The quantitative estimate of drug-likeness (QED) is 0.751.